The van der Waals surface area contributed by atoms with Crippen LogP contribution in [0.1, 0.15) is 0 Å². The number of rotatable bonds is 4. The summed E-state index contributed by atoms with van der Waals surface area (Å²) in [5.74, 6) is 1.85. The van der Waals surface area contributed by atoms with E-state index in [-0.39, 0.29) is 11.8 Å². The lowest BCUT2D eigenvalue weighted by atomic mass is 10.3. The molecule has 0 saturated heterocycles. The maximum atomic E-state index is 13.2. The molecule has 0 amide bonds. The minimum atomic E-state index is -0.480. The van der Waals surface area contributed by atoms with E-state index in [1.807, 2.05) is 18.2 Å². The molecule has 4 rings (SSSR count). The predicted octanol–water partition coefficient (Wildman–Crippen LogP) is 4.49. The first kappa shape index (κ1) is 15.5. The van der Waals surface area contributed by atoms with E-state index in [0.29, 0.717) is 29.0 Å². The van der Waals surface area contributed by atoms with Crippen LogP contribution in [0.5, 0.6) is 11.5 Å². The lowest BCUT2D eigenvalue weighted by Gasteiger charge is -2.09. The van der Waals surface area contributed by atoms with Crippen LogP contribution >= 0.6 is 11.6 Å². The summed E-state index contributed by atoms with van der Waals surface area (Å²) >= 11 is 5.77. The maximum absolute atomic E-state index is 13.2. The molecule has 0 spiro atoms. The SMILES string of the molecule is Fc1ccc(Nc2nccc(Nc3ccc4c(c3)OCO4)n2)cc1Cl. The van der Waals surface area contributed by atoms with E-state index in [0.717, 1.165) is 5.69 Å². The monoisotopic (exact) mass is 358 g/mol. The van der Waals surface area contributed by atoms with Crippen molar-refractivity contribution < 1.29 is 13.9 Å². The Balaban J connectivity index is 1.52. The molecule has 0 unspecified atom stereocenters. The van der Waals surface area contributed by atoms with Crippen molar-refractivity contribution in [1.29, 1.82) is 0 Å². The Hall–Kier alpha value is -3.06. The first-order valence-corrected chi connectivity index (χ1v) is 7.77. The summed E-state index contributed by atoms with van der Waals surface area (Å²) in [7, 11) is 0. The lowest BCUT2D eigenvalue weighted by molar-refractivity contribution is 0.174. The number of aromatic nitrogens is 2. The Morgan fingerprint density at radius 3 is 2.64 bits per heavy atom. The third-order valence-corrected chi connectivity index (χ3v) is 3.77. The van der Waals surface area contributed by atoms with Crippen molar-refractivity contribution in [2.45, 2.75) is 0 Å². The highest BCUT2D eigenvalue weighted by Crippen LogP contribution is 2.35. The molecule has 0 saturated carbocycles. The van der Waals surface area contributed by atoms with Crippen LogP contribution in [0.3, 0.4) is 0 Å². The van der Waals surface area contributed by atoms with Crippen LogP contribution in [-0.2, 0) is 0 Å². The van der Waals surface area contributed by atoms with Gasteiger partial charge in [-0.15, -0.1) is 0 Å². The fraction of sp³-hybridized carbons (Fsp3) is 0.0588. The summed E-state index contributed by atoms with van der Waals surface area (Å²) in [4.78, 5) is 8.51. The number of fused-ring (bicyclic) bond motifs is 1. The van der Waals surface area contributed by atoms with Crippen LogP contribution in [0.2, 0.25) is 5.02 Å². The van der Waals surface area contributed by atoms with E-state index in [9.17, 15) is 4.39 Å². The Morgan fingerprint density at radius 2 is 1.76 bits per heavy atom. The molecule has 0 atom stereocenters. The predicted molar refractivity (Wildman–Crippen MR) is 92.6 cm³/mol. The molecule has 0 radical (unpaired) electrons. The molecule has 0 bridgehead atoms. The topological polar surface area (TPSA) is 68.3 Å². The van der Waals surface area contributed by atoms with Crippen molar-refractivity contribution >= 4 is 34.7 Å². The molecular weight excluding hydrogens is 347 g/mol. The molecule has 1 aliphatic rings. The molecule has 2 heterocycles. The molecule has 6 nitrogen and oxygen atoms in total. The van der Waals surface area contributed by atoms with E-state index >= 15 is 0 Å². The summed E-state index contributed by atoms with van der Waals surface area (Å²) in [5.41, 5.74) is 1.39. The molecule has 0 fully saturated rings. The van der Waals surface area contributed by atoms with Gasteiger partial charge < -0.3 is 20.1 Å². The van der Waals surface area contributed by atoms with E-state index < -0.39 is 5.82 Å². The number of nitrogens with zero attached hydrogens (tertiary/aromatic N) is 2. The molecule has 126 valence electrons. The third-order valence-electron chi connectivity index (χ3n) is 3.48. The second-order valence-electron chi connectivity index (χ2n) is 5.21. The van der Waals surface area contributed by atoms with Gasteiger partial charge in [0.05, 0.1) is 5.02 Å². The van der Waals surface area contributed by atoms with Gasteiger partial charge in [0.15, 0.2) is 11.5 Å². The van der Waals surface area contributed by atoms with Crippen LogP contribution in [0.25, 0.3) is 0 Å². The standard InChI is InChI=1S/C17H12ClFN4O2/c18-12-7-10(1-3-13(12)19)22-17-20-6-5-16(23-17)21-11-2-4-14-15(8-11)25-9-24-14/h1-8H,9H2,(H2,20,21,22,23). The normalized spacial score (nSPS) is 12.1. The van der Waals surface area contributed by atoms with Crippen molar-refractivity contribution in [3.8, 4) is 11.5 Å². The molecule has 25 heavy (non-hydrogen) atoms. The quantitative estimate of drug-likeness (QED) is 0.716. The van der Waals surface area contributed by atoms with Crippen LogP contribution in [0.4, 0.5) is 27.5 Å². The van der Waals surface area contributed by atoms with E-state index in [1.165, 1.54) is 12.1 Å². The number of ether oxygens (including phenoxy) is 2. The summed E-state index contributed by atoms with van der Waals surface area (Å²) in [6, 6.07) is 11.6. The van der Waals surface area contributed by atoms with Gasteiger partial charge in [0.2, 0.25) is 12.7 Å². The zero-order valence-electron chi connectivity index (χ0n) is 12.8. The number of benzene rings is 2. The second-order valence-corrected chi connectivity index (χ2v) is 5.62. The lowest BCUT2D eigenvalue weighted by Crippen LogP contribution is -2.00. The summed E-state index contributed by atoms with van der Waals surface area (Å²) in [5, 5.41) is 6.18. The highest BCUT2D eigenvalue weighted by molar-refractivity contribution is 6.31. The van der Waals surface area contributed by atoms with Crippen molar-refractivity contribution in [1.82, 2.24) is 9.97 Å². The highest BCUT2D eigenvalue weighted by Gasteiger charge is 2.13. The van der Waals surface area contributed by atoms with E-state index in [2.05, 4.69) is 20.6 Å². The zero-order valence-corrected chi connectivity index (χ0v) is 13.5. The molecule has 1 aromatic heterocycles. The van der Waals surface area contributed by atoms with Crippen molar-refractivity contribution in [2.24, 2.45) is 0 Å². The molecule has 0 aliphatic carbocycles. The Bertz CT molecular complexity index is 938. The third kappa shape index (κ3) is 3.41. The molecule has 3 aromatic rings. The Labute approximate surface area is 147 Å². The molecule has 2 aromatic carbocycles. The molecule has 8 heteroatoms. The summed E-state index contributed by atoms with van der Waals surface area (Å²) < 4.78 is 23.9. The van der Waals surface area contributed by atoms with Gasteiger partial charge in [-0.05, 0) is 36.4 Å². The number of hydrogen-bond acceptors (Lipinski definition) is 6. The zero-order chi connectivity index (χ0) is 17.2. The van der Waals surface area contributed by atoms with E-state index in [1.54, 1.807) is 18.3 Å². The van der Waals surface area contributed by atoms with Gasteiger partial charge in [0, 0.05) is 23.6 Å². The maximum Gasteiger partial charge on any atom is 0.231 e. The van der Waals surface area contributed by atoms with Gasteiger partial charge >= 0.3 is 0 Å². The average molecular weight is 359 g/mol. The van der Waals surface area contributed by atoms with Gasteiger partial charge in [-0.2, -0.15) is 4.98 Å². The smallest absolute Gasteiger partial charge is 0.231 e. The molecular formula is C17H12ClFN4O2. The van der Waals surface area contributed by atoms with Crippen molar-refractivity contribution in [3.05, 3.63) is 59.5 Å². The number of nitrogens with one attached hydrogen (secondary N) is 2. The highest BCUT2D eigenvalue weighted by atomic mass is 35.5. The molecule has 1 aliphatic heterocycles. The van der Waals surface area contributed by atoms with Gasteiger partial charge in [-0.3, -0.25) is 0 Å². The fourth-order valence-electron chi connectivity index (χ4n) is 2.31. The number of halogens is 2. The Kier molecular flexibility index (Phi) is 3.99. The van der Waals surface area contributed by atoms with Gasteiger partial charge in [-0.25, -0.2) is 9.37 Å². The summed E-state index contributed by atoms with van der Waals surface area (Å²) in [6.07, 6.45) is 1.61. The van der Waals surface area contributed by atoms with Crippen molar-refractivity contribution in [2.75, 3.05) is 17.4 Å². The van der Waals surface area contributed by atoms with Gasteiger partial charge in [-0.1, -0.05) is 11.6 Å². The van der Waals surface area contributed by atoms with Crippen LogP contribution in [0, 0.1) is 5.82 Å². The Morgan fingerprint density at radius 1 is 0.960 bits per heavy atom. The number of anilines is 4. The largest absolute Gasteiger partial charge is 0.454 e. The molecule has 2 N–H and O–H groups in total. The fourth-order valence-corrected chi connectivity index (χ4v) is 2.49. The second kappa shape index (κ2) is 6.45. The first-order valence-electron chi connectivity index (χ1n) is 7.39. The average Bonchev–Trinajstić information content (AvgIpc) is 3.06. The van der Waals surface area contributed by atoms with Crippen molar-refractivity contribution in [3.63, 3.8) is 0 Å². The van der Waals surface area contributed by atoms with E-state index in [4.69, 9.17) is 21.1 Å². The van der Waals surface area contributed by atoms with Crippen LogP contribution < -0.4 is 20.1 Å². The van der Waals surface area contributed by atoms with Crippen LogP contribution in [-0.4, -0.2) is 16.8 Å². The van der Waals surface area contributed by atoms with Gasteiger partial charge in [0.25, 0.3) is 0 Å². The van der Waals surface area contributed by atoms with Gasteiger partial charge in [0.1, 0.15) is 11.6 Å². The minimum Gasteiger partial charge on any atom is -0.454 e. The summed E-state index contributed by atoms with van der Waals surface area (Å²) in [6.45, 7) is 0.223. The van der Waals surface area contributed by atoms with Crippen LogP contribution in [0.15, 0.2) is 48.7 Å². The number of hydrogen-bond donors (Lipinski definition) is 2. The first-order chi connectivity index (χ1) is 12.2. The minimum absolute atomic E-state index is 0.0274.